The van der Waals surface area contributed by atoms with E-state index in [1.54, 1.807) is 12.8 Å². The average Bonchev–Trinajstić information content (AvgIpc) is 2.33. The third-order valence-corrected chi connectivity index (χ3v) is 4.00. The normalized spacial score (nSPS) is 52.2. The molecule has 0 amide bonds. The average molecular weight is 138 g/mol. The summed E-state index contributed by atoms with van der Waals surface area (Å²) in [6.45, 7) is 4.82. The monoisotopic (exact) mass is 138 g/mol. The van der Waals surface area contributed by atoms with Gasteiger partial charge in [-0.2, -0.15) is 0 Å². The van der Waals surface area contributed by atoms with Crippen LogP contribution in [0, 0.1) is 23.7 Å². The van der Waals surface area contributed by atoms with Crippen LogP contribution in [-0.4, -0.2) is 0 Å². The first kappa shape index (κ1) is 6.69. The minimum absolute atomic E-state index is 1.07. The van der Waals surface area contributed by atoms with Gasteiger partial charge in [-0.15, -0.1) is 0 Å². The predicted molar refractivity (Wildman–Crippen MR) is 43.8 cm³/mol. The van der Waals surface area contributed by atoms with Gasteiger partial charge in [0.2, 0.25) is 0 Å². The van der Waals surface area contributed by atoms with Crippen LogP contribution in [0.3, 0.4) is 0 Å². The van der Waals surface area contributed by atoms with E-state index in [9.17, 15) is 0 Å². The van der Waals surface area contributed by atoms with Crippen molar-refractivity contribution in [1.82, 2.24) is 0 Å². The van der Waals surface area contributed by atoms with Crippen LogP contribution in [0.4, 0.5) is 0 Å². The van der Waals surface area contributed by atoms with Gasteiger partial charge in [-0.05, 0) is 36.5 Å². The van der Waals surface area contributed by atoms with Crippen molar-refractivity contribution in [2.45, 2.75) is 39.5 Å². The molecule has 2 fully saturated rings. The molecule has 0 aromatic rings. The third kappa shape index (κ3) is 0.681. The molecule has 10 heavy (non-hydrogen) atoms. The molecule has 2 aliphatic carbocycles. The van der Waals surface area contributed by atoms with Crippen LogP contribution in [0.2, 0.25) is 0 Å². The summed E-state index contributed by atoms with van der Waals surface area (Å²) in [5.74, 6) is 4.47. The Morgan fingerprint density at radius 2 is 1.90 bits per heavy atom. The van der Waals surface area contributed by atoms with Gasteiger partial charge in [-0.1, -0.05) is 26.7 Å². The van der Waals surface area contributed by atoms with E-state index in [0.29, 0.717) is 0 Å². The fraction of sp³-hybridized carbons (Fsp3) is 1.00. The third-order valence-electron chi connectivity index (χ3n) is 4.00. The number of hydrogen-bond donors (Lipinski definition) is 0. The second-order valence-corrected chi connectivity index (χ2v) is 4.19. The Kier molecular flexibility index (Phi) is 1.51. The van der Waals surface area contributed by atoms with E-state index in [2.05, 4.69) is 13.8 Å². The number of fused-ring (bicyclic) bond motifs is 1. The van der Waals surface area contributed by atoms with Crippen LogP contribution in [0.25, 0.3) is 0 Å². The minimum Gasteiger partial charge on any atom is -0.0651 e. The first-order valence-corrected chi connectivity index (χ1v) is 4.84. The highest BCUT2D eigenvalue weighted by atomic mass is 14.5. The Labute approximate surface area is 64.0 Å². The molecule has 2 aliphatic rings. The van der Waals surface area contributed by atoms with Gasteiger partial charge < -0.3 is 0 Å². The maximum Gasteiger partial charge on any atom is -0.0352 e. The molecule has 0 nitrogen and oxygen atoms in total. The molecule has 0 heteroatoms. The van der Waals surface area contributed by atoms with E-state index < -0.39 is 0 Å². The molecule has 0 heterocycles. The van der Waals surface area contributed by atoms with E-state index in [1.165, 1.54) is 12.8 Å². The van der Waals surface area contributed by atoms with Crippen LogP contribution in [-0.2, 0) is 0 Å². The Morgan fingerprint density at radius 1 is 1.20 bits per heavy atom. The van der Waals surface area contributed by atoms with E-state index >= 15 is 0 Å². The molecule has 0 N–H and O–H groups in total. The molecule has 58 valence electrons. The van der Waals surface area contributed by atoms with Crippen molar-refractivity contribution >= 4 is 0 Å². The van der Waals surface area contributed by atoms with Crippen molar-refractivity contribution in [2.24, 2.45) is 23.7 Å². The highest BCUT2D eigenvalue weighted by Crippen LogP contribution is 2.56. The molecule has 0 radical (unpaired) electrons. The van der Waals surface area contributed by atoms with Crippen LogP contribution < -0.4 is 0 Å². The minimum atomic E-state index is 1.07. The maximum atomic E-state index is 2.46. The van der Waals surface area contributed by atoms with Crippen LogP contribution in [0.15, 0.2) is 0 Å². The largest absolute Gasteiger partial charge is 0.0651 e. The van der Waals surface area contributed by atoms with Gasteiger partial charge in [-0.25, -0.2) is 0 Å². The van der Waals surface area contributed by atoms with E-state index in [1.807, 2.05) is 0 Å². The highest BCUT2D eigenvalue weighted by molar-refractivity contribution is 4.97. The highest BCUT2D eigenvalue weighted by Gasteiger charge is 2.48. The zero-order chi connectivity index (χ0) is 7.14. The molecular formula is C10H18. The Balaban J connectivity index is 2.01. The quantitative estimate of drug-likeness (QED) is 0.522. The molecule has 2 rings (SSSR count). The van der Waals surface area contributed by atoms with E-state index in [4.69, 9.17) is 0 Å². The van der Waals surface area contributed by atoms with Crippen LogP contribution in [0.1, 0.15) is 39.5 Å². The summed E-state index contributed by atoms with van der Waals surface area (Å²) in [5.41, 5.74) is 0. The number of hydrogen-bond acceptors (Lipinski definition) is 0. The van der Waals surface area contributed by atoms with Crippen molar-refractivity contribution in [1.29, 1.82) is 0 Å². The summed E-state index contributed by atoms with van der Waals surface area (Å²) >= 11 is 0. The summed E-state index contributed by atoms with van der Waals surface area (Å²) in [6, 6.07) is 0. The van der Waals surface area contributed by atoms with Crippen LogP contribution >= 0.6 is 0 Å². The summed E-state index contributed by atoms with van der Waals surface area (Å²) < 4.78 is 0. The van der Waals surface area contributed by atoms with Gasteiger partial charge in [0.15, 0.2) is 0 Å². The van der Waals surface area contributed by atoms with Crippen molar-refractivity contribution in [3.63, 3.8) is 0 Å². The molecule has 0 bridgehead atoms. The predicted octanol–water partition coefficient (Wildman–Crippen LogP) is 3.08. The lowest BCUT2D eigenvalue weighted by atomic mass is 9.58. The maximum absolute atomic E-state index is 2.46. The summed E-state index contributed by atoms with van der Waals surface area (Å²) in [7, 11) is 0. The Bertz CT molecular complexity index is 128. The van der Waals surface area contributed by atoms with Gasteiger partial charge in [0.05, 0.1) is 0 Å². The van der Waals surface area contributed by atoms with Gasteiger partial charge in [0.25, 0.3) is 0 Å². The standard InChI is InChI=1S/C10H18/c1-3-8-7(2)9-5-4-6-10(8)9/h7-10H,3-6H2,1-2H3. The number of rotatable bonds is 1. The van der Waals surface area contributed by atoms with Crippen molar-refractivity contribution in [2.75, 3.05) is 0 Å². The van der Waals surface area contributed by atoms with Crippen molar-refractivity contribution in [3.8, 4) is 0 Å². The van der Waals surface area contributed by atoms with Gasteiger partial charge in [0.1, 0.15) is 0 Å². The van der Waals surface area contributed by atoms with Crippen LogP contribution in [0.5, 0.6) is 0 Å². The lowest BCUT2D eigenvalue weighted by molar-refractivity contribution is 0.0133. The molecule has 0 saturated heterocycles. The molecular weight excluding hydrogens is 120 g/mol. The first-order valence-electron chi connectivity index (χ1n) is 4.84. The molecule has 0 aromatic carbocycles. The van der Waals surface area contributed by atoms with Gasteiger partial charge in [0, 0.05) is 0 Å². The Hall–Kier alpha value is 0. The topological polar surface area (TPSA) is 0 Å². The lowest BCUT2D eigenvalue weighted by Crippen LogP contribution is -2.41. The molecule has 4 unspecified atom stereocenters. The molecule has 0 spiro atoms. The molecule has 2 saturated carbocycles. The Morgan fingerprint density at radius 3 is 2.60 bits per heavy atom. The summed E-state index contributed by atoms with van der Waals surface area (Å²) in [5, 5.41) is 0. The van der Waals surface area contributed by atoms with Crippen molar-refractivity contribution in [3.05, 3.63) is 0 Å². The SMILES string of the molecule is CCC1C(C)C2CCCC12. The second kappa shape index (κ2) is 2.25. The molecule has 4 atom stereocenters. The fourth-order valence-corrected chi connectivity index (χ4v) is 3.44. The smallest absolute Gasteiger partial charge is 0.0352 e. The van der Waals surface area contributed by atoms with E-state index in [-0.39, 0.29) is 0 Å². The lowest BCUT2D eigenvalue weighted by Gasteiger charge is -2.47. The van der Waals surface area contributed by atoms with E-state index in [0.717, 1.165) is 23.7 Å². The van der Waals surface area contributed by atoms with Crippen molar-refractivity contribution < 1.29 is 0 Å². The fourth-order valence-electron chi connectivity index (χ4n) is 3.44. The zero-order valence-corrected chi connectivity index (χ0v) is 7.14. The van der Waals surface area contributed by atoms with Gasteiger partial charge >= 0.3 is 0 Å². The second-order valence-electron chi connectivity index (χ2n) is 4.19. The summed E-state index contributed by atoms with van der Waals surface area (Å²) in [4.78, 5) is 0. The zero-order valence-electron chi connectivity index (χ0n) is 7.14. The molecule has 0 aliphatic heterocycles. The molecule has 0 aromatic heterocycles. The summed E-state index contributed by atoms with van der Waals surface area (Å²) in [6.07, 6.45) is 6.05. The van der Waals surface area contributed by atoms with Gasteiger partial charge in [-0.3, -0.25) is 0 Å². The first-order chi connectivity index (χ1) is 4.84.